The fourth-order valence-electron chi connectivity index (χ4n) is 0.907. The van der Waals surface area contributed by atoms with E-state index in [-0.39, 0.29) is 5.50 Å². The van der Waals surface area contributed by atoms with Crippen molar-refractivity contribution >= 4 is 26.8 Å². The molecule has 0 saturated carbocycles. The predicted molar refractivity (Wildman–Crippen MR) is 67.5 cm³/mol. The molecule has 0 aromatic rings. The van der Waals surface area contributed by atoms with Gasteiger partial charge in [-0.2, -0.15) is 10.1 Å². The van der Waals surface area contributed by atoms with Crippen molar-refractivity contribution in [2.75, 3.05) is 13.1 Å². The minimum absolute atomic E-state index is 0.0861. The summed E-state index contributed by atoms with van der Waals surface area (Å²) in [7, 11) is 2.86. The van der Waals surface area contributed by atoms with Gasteiger partial charge in [0.25, 0.3) is 0 Å². The van der Waals surface area contributed by atoms with Crippen LogP contribution in [0.1, 0.15) is 13.8 Å². The van der Waals surface area contributed by atoms with Crippen LogP contribution in [0.3, 0.4) is 0 Å². The van der Waals surface area contributed by atoms with E-state index in [1.54, 1.807) is 0 Å². The van der Waals surface area contributed by atoms with E-state index in [2.05, 4.69) is 21.0 Å². The van der Waals surface area contributed by atoms with Gasteiger partial charge in [0.2, 0.25) is 5.17 Å². The first-order valence-corrected chi connectivity index (χ1v) is 6.99. The first-order valence-electron chi connectivity index (χ1n) is 4.78. The molecule has 0 radical (unpaired) electrons. The fourth-order valence-corrected chi connectivity index (χ4v) is 3.09. The Hall–Kier alpha value is -0.710. The van der Waals surface area contributed by atoms with E-state index >= 15 is 0 Å². The molecule has 0 amide bonds. The van der Waals surface area contributed by atoms with Crippen LogP contribution in [0.15, 0.2) is 15.4 Å². The van der Waals surface area contributed by atoms with Crippen LogP contribution in [0, 0.1) is 0 Å². The standard InChI is InChI=1S/C6H16N8S2/c1-3-13(8)5(9-7)15-16-6-10-11-12-14(6)4-2/h6H,3-4,7-8H2,1-2H3,(H,10,12)/b9-5+. The molecule has 0 fully saturated rings. The van der Waals surface area contributed by atoms with E-state index in [4.69, 9.17) is 11.7 Å². The molecule has 1 aliphatic heterocycles. The molecule has 16 heavy (non-hydrogen) atoms. The zero-order valence-corrected chi connectivity index (χ0v) is 10.8. The van der Waals surface area contributed by atoms with Crippen molar-refractivity contribution in [1.82, 2.24) is 15.6 Å². The third kappa shape index (κ3) is 3.40. The van der Waals surface area contributed by atoms with E-state index in [1.165, 1.54) is 26.6 Å². The highest BCUT2D eigenvalue weighted by molar-refractivity contribution is 8.82. The van der Waals surface area contributed by atoms with Crippen molar-refractivity contribution in [2.24, 2.45) is 27.1 Å². The first kappa shape index (κ1) is 13.4. The summed E-state index contributed by atoms with van der Waals surface area (Å²) in [5.74, 6) is 10.9. The van der Waals surface area contributed by atoms with Gasteiger partial charge in [0.15, 0.2) is 5.50 Å². The second-order valence-corrected chi connectivity index (χ2v) is 5.03. The normalized spacial score (nSPS) is 21.2. The monoisotopic (exact) mass is 264 g/mol. The van der Waals surface area contributed by atoms with Crippen LogP contribution in [0.4, 0.5) is 0 Å². The number of nitrogens with one attached hydrogen (secondary N) is 1. The van der Waals surface area contributed by atoms with Crippen molar-refractivity contribution < 1.29 is 0 Å². The van der Waals surface area contributed by atoms with Gasteiger partial charge >= 0.3 is 0 Å². The Kier molecular flexibility index (Phi) is 5.66. The van der Waals surface area contributed by atoms with E-state index in [0.29, 0.717) is 11.7 Å². The van der Waals surface area contributed by atoms with Gasteiger partial charge in [-0.05, 0) is 28.5 Å². The van der Waals surface area contributed by atoms with Crippen molar-refractivity contribution in [3.05, 3.63) is 0 Å². The minimum atomic E-state index is -0.0861. The second-order valence-electron chi connectivity index (χ2n) is 2.81. The third-order valence-corrected chi connectivity index (χ3v) is 4.20. The molecule has 0 aromatic heterocycles. The smallest absolute Gasteiger partial charge is 0.207 e. The molecule has 1 aliphatic rings. The summed E-state index contributed by atoms with van der Waals surface area (Å²) >= 11 is 0. The molecule has 0 aliphatic carbocycles. The average Bonchev–Trinajstić information content (AvgIpc) is 2.76. The lowest BCUT2D eigenvalue weighted by molar-refractivity contribution is 0.233. The van der Waals surface area contributed by atoms with Gasteiger partial charge in [0.05, 0.1) is 0 Å². The molecule has 1 unspecified atom stereocenters. The highest BCUT2D eigenvalue weighted by Gasteiger charge is 2.23. The van der Waals surface area contributed by atoms with Gasteiger partial charge in [-0.25, -0.2) is 11.4 Å². The van der Waals surface area contributed by atoms with Crippen LogP contribution in [0.25, 0.3) is 0 Å². The topological polar surface area (TPSA) is 108 Å². The average molecular weight is 264 g/mol. The minimum Gasteiger partial charge on any atom is -0.321 e. The van der Waals surface area contributed by atoms with Crippen LogP contribution < -0.4 is 17.2 Å². The Labute approximate surface area is 102 Å². The molecule has 0 saturated heterocycles. The molecule has 10 heteroatoms. The molecule has 1 heterocycles. The number of hydrogen-bond acceptors (Lipinski definition) is 9. The van der Waals surface area contributed by atoms with Gasteiger partial charge in [-0.1, -0.05) is 12.1 Å². The number of hydrogen-bond donors (Lipinski definition) is 3. The number of amidine groups is 1. The van der Waals surface area contributed by atoms with E-state index in [0.717, 1.165) is 6.54 Å². The SMILES string of the molecule is CCN(N)/C(=N\N)SSC1N=NNN1CC. The molecule has 1 atom stereocenters. The van der Waals surface area contributed by atoms with Crippen LogP contribution in [-0.4, -0.2) is 33.8 Å². The summed E-state index contributed by atoms with van der Waals surface area (Å²) in [6, 6.07) is 0. The molecular formula is C6H16N8S2. The van der Waals surface area contributed by atoms with Crippen LogP contribution in [0.2, 0.25) is 0 Å². The maximum atomic E-state index is 5.68. The number of nitrogens with zero attached hydrogens (tertiary/aromatic N) is 5. The number of hydrazine groups is 2. The maximum absolute atomic E-state index is 5.68. The lowest BCUT2D eigenvalue weighted by Crippen LogP contribution is -2.37. The summed E-state index contributed by atoms with van der Waals surface area (Å²) < 4.78 is 0. The highest BCUT2D eigenvalue weighted by Crippen LogP contribution is 2.32. The molecule has 8 nitrogen and oxygen atoms in total. The zero-order valence-electron chi connectivity index (χ0n) is 9.20. The fraction of sp³-hybridized carbons (Fsp3) is 0.833. The van der Waals surface area contributed by atoms with Gasteiger partial charge in [0.1, 0.15) is 0 Å². The Morgan fingerprint density at radius 2 is 2.38 bits per heavy atom. The maximum Gasteiger partial charge on any atom is 0.207 e. The molecule has 0 bridgehead atoms. The molecule has 5 N–H and O–H groups in total. The molecule has 1 rings (SSSR count). The van der Waals surface area contributed by atoms with Crippen LogP contribution >= 0.6 is 21.6 Å². The van der Waals surface area contributed by atoms with E-state index in [9.17, 15) is 0 Å². The van der Waals surface area contributed by atoms with Gasteiger partial charge in [0, 0.05) is 13.1 Å². The zero-order chi connectivity index (χ0) is 12.0. The molecule has 0 aromatic carbocycles. The molecule has 92 valence electrons. The Balaban J connectivity index is 2.41. The van der Waals surface area contributed by atoms with Gasteiger partial charge in [-0.15, -0.1) is 5.11 Å². The van der Waals surface area contributed by atoms with Crippen molar-refractivity contribution in [3.8, 4) is 0 Å². The van der Waals surface area contributed by atoms with Crippen molar-refractivity contribution in [2.45, 2.75) is 19.3 Å². The summed E-state index contributed by atoms with van der Waals surface area (Å²) in [6.07, 6.45) is 0. The Morgan fingerprint density at radius 3 is 2.94 bits per heavy atom. The number of hydrazone groups is 1. The van der Waals surface area contributed by atoms with Crippen molar-refractivity contribution in [1.29, 1.82) is 0 Å². The summed E-state index contributed by atoms with van der Waals surface area (Å²) in [6.45, 7) is 5.39. The number of rotatable bonds is 4. The Bertz CT molecular complexity index is 269. The predicted octanol–water partition coefficient (Wildman–Crippen LogP) is 0.284. The van der Waals surface area contributed by atoms with Gasteiger partial charge < -0.3 is 5.84 Å². The van der Waals surface area contributed by atoms with Crippen LogP contribution in [0.5, 0.6) is 0 Å². The third-order valence-electron chi connectivity index (χ3n) is 1.84. The summed E-state index contributed by atoms with van der Waals surface area (Å²) in [5.41, 5.74) is 2.70. The highest BCUT2D eigenvalue weighted by atomic mass is 33.1. The lowest BCUT2D eigenvalue weighted by Gasteiger charge is -2.20. The first-order chi connectivity index (χ1) is 7.72. The Morgan fingerprint density at radius 1 is 1.62 bits per heavy atom. The van der Waals surface area contributed by atoms with Crippen LogP contribution in [-0.2, 0) is 0 Å². The van der Waals surface area contributed by atoms with E-state index in [1.807, 2.05) is 18.9 Å². The second kappa shape index (κ2) is 6.78. The lowest BCUT2D eigenvalue weighted by atomic mass is 10.7. The molecular weight excluding hydrogens is 248 g/mol. The molecule has 0 spiro atoms. The summed E-state index contributed by atoms with van der Waals surface area (Å²) in [4.78, 5) is 0. The van der Waals surface area contributed by atoms with E-state index < -0.39 is 0 Å². The summed E-state index contributed by atoms with van der Waals surface area (Å²) in [5, 5.41) is 15.3. The number of nitrogens with two attached hydrogens (primary N) is 2. The quantitative estimate of drug-likeness (QED) is 0.220. The largest absolute Gasteiger partial charge is 0.321 e. The van der Waals surface area contributed by atoms with Crippen molar-refractivity contribution in [3.63, 3.8) is 0 Å². The van der Waals surface area contributed by atoms with Gasteiger partial charge in [-0.3, -0.25) is 5.01 Å².